The van der Waals surface area contributed by atoms with Gasteiger partial charge >= 0.3 is 0 Å². The number of amides is 1. The summed E-state index contributed by atoms with van der Waals surface area (Å²) in [5, 5.41) is 3.13. The molecule has 2 aromatic heterocycles. The van der Waals surface area contributed by atoms with Crippen LogP contribution in [0.25, 0.3) is 11.0 Å². The van der Waals surface area contributed by atoms with E-state index in [0.717, 1.165) is 28.4 Å². The van der Waals surface area contributed by atoms with Gasteiger partial charge in [0.2, 0.25) is 5.01 Å². The van der Waals surface area contributed by atoms with Gasteiger partial charge in [0.1, 0.15) is 11.6 Å². The Labute approximate surface area is 113 Å². The summed E-state index contributed by atoms with van der Waals surface area (Å²) in [6.45, 7) is 2.10. The van der Waals surface area contributed by atoms with Gasteiger partial charge in [-0.05, 0) is 30.6 Å². The lowest BCUT2D eigenvalue weighted by Crippen LogP contribution is -2.23. The molecule has 0 aliphatic heterocycles. The highest BCUT2D eigenvalue weighted by atomic mass is 32.1. The molecule has 0 saturated heterocycles. The van der Waals surface area contributed by atoms with Gasteiger partial charge < -0.3 is 10.3 Å². The van der Waals surface area contributed by atoms with E-state index in [1.807, 2.05) is 24.3 Å². The van der Waals surface area contributed by atoms with E-state index < -0.39 is 0 Å². The van der Waals surface area contributed by atoms with Crippen LogP contribution >= 0.6 is 11.5 Å². The van der Waals surface area contributed by atoms with Gasteiger partial charge in [0.25, 0.3) is 5.91 Å². The molecule has 0 radical (unpaired) electrons. The van der Waals surface area contributed by atoms with E-state index in [4.69, 9.17) is 0 Å². The van der Waals surface area contributed by atoms with Gasteiger partial charge in [-0.2, -0.15) is 4.37 Å². The molecule has 3 aromatic rings. The summed E-state index contributed by atoms with van der Waals surface area (Å²) in [7, 11) is 0. The maximum atomic E-state index is 11.8. The quantitative estimate of drug-likeness (QED) is 0.760. The van der Waals surface area contributed by atoms with Crippen LogP contribution in [0.15, 0.2) is 24.3 Å². The average Bonchev–Trinajstić information content (AvgIpc) is 3.01. The molecular weight excluding hydrogens is 262 g/mol. The Morgan fingerprint density at radius 1 is 1.37 bits per heavy atom. The third kappa shape index (κ3) is 2.45. The number of benzene rings is 1. The molecule has 0 aliphatic rings. The van der Waals surface area contributed by atoms with E-state index in [0.29, 0.717) is 17.4 Å². The molecule has 0 aliphatic carbocycles. The van der Waals surface area contributed by atoms with Gasteiger partial charge in [-0.3, -0.25) is 4.79 Å². The zero-order valence-electron chi connectivity index (χ0n) is 10.2. The van der Waals surface area contributed by atoms with Crippen molar-refractivity contribution in [1.82, 2.24) is 24.6 Å². The van der Waals surface area contributed by atoms with Crippen LogP contribution in [0.2, 0.25) is 0 Å². The SMILES string of the molecule is Cc1nsc(C(=O)NCc2nc3ccccc3[nH]2)n1. The topological polar surface area (TPSA) is 83.6 Å². The summed E-state index contributed by atoms with van der Waals surface area (Å²) in [6.07, 6.45) is 0. The predicted octanol–water partition coefficient (Wildman–Crippen LogP) is 1.65. The van der Waals surface area contributed by atoms with Crippen molar-refractivity contribution in [3.63, 3.8) is 0 Å². The van der Waals surface area contributed by atoms with Crippen molar-refractivity contribution >= 4 is 28.5 Å². The average molecular weight is 273 g/mol. The highest BCUT2D eigenvalue weighted by Crippen LogP contribution is 2.10. The Morgan fingerprint density at radius 3 is 2.95 bits per heavy atom. The second-order valence-corrected chi connectivity index (χ2v) is 4.78. The maximum Gasteiger partial charge on any atom is 0.282 e. The van der Waals surface area contributed by atoms with E-state index in [9.17, 15) is 4.79 Å². The van der Waals surface area contributed by atoms with Crippen LogP contribution in [-0.4, -0.2) is 25.2 Å². The number of fused-ring (bicyclic) bond motifs is 1. The molecule has 7 heteroatoms. The summed E-state index contributed by atoms with van der Waals surface area (Å²) < 4.78 is 3.97. The normalized spacial score (nSPS) is 10.8. The first-order valence-corrected chi connectivity index (χ1v) is 6.52. The molecule has 1 amide bonds. The number of hydrogen-bond acceptors (Lipinski definition) is 5. The van der Waals surface area contributed by atoms with E-state index >= 15 is 0 Å². The molecule has 3 rings (SSSR count). The van der Waals surface area contributed by atoms with Crippen LogP contribution in [0.1, 0.15) is 21.5 Å². The summed E-state index contributed by atoms with van der Waals surface area (Å²) in [6, 6.07) is 7.73. The van der Waals surface area contributed by atoms with Crippen LogP contribution < -0.4 is 5.32 Å². The molecular formula is C12H11N5OS. The van der Waals surface area contributed by atoms with Gasteiger partial charge in [-0.15, -0.1) is 0 Å². The van der Waals surface area contributed by atoms with Gasteiger partial charge in [-0.1, -0.05) is 12.1 Å². The smallest absolute Gasteiger partial charge is 0.282 e. The fourth-order valence-corrected chi connectivity index (χ4v) is 2.31. The third-order valence-electron chi connectivity index (χ3n) is 2.58. The minimum absolute atomic E-state index is 0.231. The van der Waals surface area contributed by atoms with Crippen LogP contribution in [-0.2, 0) is 6.54 Å². The molecule has 0 fully saturated rings. The minimum atomic E-state index is -0.231. The number of rotatable bonds is 3. The van der Waals surface area contributed by atoms with Gasteiger partial charge in [0.05, 0.1) is 17.6 Å². The van der Waals surface area contributed by atoms with E-state index in [-0.39, 0.29) is 5.91 Å². The summed E-state index contributed by atoms with van der Waals surface area (Å²) in [4.78, 5) is 23.4. The van der Waals surface area contributed by atoms with Gasteiger partial charge in [0.15, 0.2) is 0 Å². The maximum absolute atomic E-state index is 11.8. The standard InChI is InChI=1S/C12H11N5OS/c1-7-14-12(19-17-7)11(18)13-6-10-15-8-4-2-3-5-9(8)16-10/h2-5H,6H2,1H3,(H,13,18)(H,15,16). The first-order chi connectivity index (χ1) is 9.22. The Hall–Kier alpha value is -2.28. The van der Waals surface area contributed by atoms with E-state index in [1.165, 1.54) is 0 Å². The van der Waals surface area contributed by atoms with Crippen molar-refractivity contribution < 1.29 is 4.79 Å². The van der Waals surface area contributed by atoms with Crippen LogP contribution in [0, 0.1) is 6.92 Å². The van der Waals surface area contributed by atoms with Crippen molar-refractivity contribution in [2.45, 2.75) is 13.5 Å². The molecule has 2 N–H and O–H groups in total. The number of nitrogens with one attached hydrogen (secondary N) is 2. The molecule has 0 unspecified atom stereocenters. The largest absolute Gasteiger partial charge is 0.343 e. The lowest BCUT2D eigenvalue weighted by atomic mass is 10.3. The van der Waals surface area contributed by atoms with E-state index in [1.54, 1.807) is 6.92 Å². The highest BCUT2D eigenvalue weighted by Gasteiger charge is 2.11. The van der Waals surface area contributed by atoms with Crippen molar-refractivity contribution in [1.29, 1.82) is 0 Å². The van der Waals surface area contributed by atoms with E-state index in [2.05, 4.69) is 24.6 Å². The Morgan fingerprint density at radius 2 is 2.21 bits per heavy atom. The number of aryl methyl sites for hydroxylation is 1. The van der Waals surface area contributed by atoms with Gasteiger partial charge in [-0.25, -0.2) is 9.97 Å². The summed E-state index contributed by atoms with van der Waals surface area (Å²) >= 11 is 1.09. The third-order valence-corrected chi connectivity index (χ3v) is 3.38. The number of hydrogen-bond donors (Lipinski definition) is 2. The summed E-state index contributed by atoms with van der Waals surface area (Å²) in [5.74, 6) is 1.10. The fraction of sp³-hybridized carbons (Fsp3) is 0.167. The van der Waals surface area contributed by atoms with Crippen molar-refractivity contribution in [3.05, 3.63) is 40.9 Å². The number of imidazole rings is 1. The predicted molar refractivity (Wildman–Crippen MR) is 71.9 cm³/mol. The molecule has 0 spiro atoms. The number of carbonyl (C=O) groups excluding carboxylic acids is 1. The number of H-pyrrole nitrogens is 1. The van der Waals surface area contributed by atoms with Gasteiger partial charge in [0, 0.05) is 0 Å². The second-order valence-electron chi connectivity index (χ2n) is 4.03. The highest BCUT2D eigenvalue weighted by molar-refractivity contribution is 7.07. The minimum Gasteiger partial charge on any atom is -0.343 e. The lowest BCUT2D eigenvalue weighted by Gasteiger charge is -1.98. The second kappa shape index (κ2) is 4.77. The monoisotopic (exact) mass is 273 g/mol. The molecule has 6 nitrogen and oxygen atoms in total. The number of nitrogens with zero attached hydrogens (tertiary/aromatic N) is 3. The van der Waals surface area contributed by atoms with Crippen LogP contribution in [0.4, 0.5) is 0 Å². The Balaban J connectivity index is 1.70. The van der Waals surface area contributed by atoms with Crippen molar-refractivity contribution in [2.24, 2.45) is 0 Å². The first kappa shape index (κ1) is 11.8. The summed E-state index contributed by atoms with van der Waals surface area (Å²) in [5.41, 5.74) is 1.84. The lowest BCUT2D eigenvalue weighted by molar-refractivity contribution is 0.0949. The van der Waals surface area contributed by atoms with Crippen LogP contribution in [0.3, 0.4) is 0 Å². The molecule has 1 aromatic carbocycles. The fourth-order valence-electron chi connectivity index (χ4n) is 1.72. The number of aromatic nitrogens is 4. The molecule has 0 bridgehead atoms. The first-order valence-electron chi connectivity index (χ1n) is 5.74. The molecule has 0 saturated carbocycles. The molecule has 2 heterocycles. The van der Waals surface area contributed by atoms with Crippen molar-refractivity contribution in [3.8, 4) is 0 Å². The number of para-hydroxylation sites is 2. The van der Waals surface area contributed by atoms with Crippen molar-refractivity contribution in [2.75, 3.05) is 0 Å². The van der Waals surface area contributed by atoms with Crippen LogP contribution in [0.5, 0.6) is 0 Å². The Kier molecular flexibility index (Phi) is 2.96. The Bertz CT molecular complexity index is 699. The molecule has 19 heavy (non-hydrogen) atoms. The zero-order chi connectivity index (χ0) is 13.2. The number of aromatic amines is 1. The number of carbonyl (C=O) groups is 1. The molecule has 0 atom stereocenters. The molecule has 96 valence electrons. The zero-order valence-corrected chi connectivity index (χ0v) is 11.0.